The molecule has 0 bridgehead atoms. The Hall–Kier alpha value is -2.84. The molecule has 0 radical (unpaired) electrons. The van der Waals surface area contributed by atoms with E-state index in [0.717, 1.165) is 12.8 Å². The molecule has 0 aliphatic carbocycles. The lowest BCUT2D eigenvalue weighted by molar-refractivity contribution is -0.154. The van der Waals surface area contributed by atoms with Crippen LogP contribution < -0.4 is 10.6 Å². The number of nitrogens with one attached hydrogen (secondary N) is 2. The van der Waals surface area contributed by atoms with Crippen molar-refractivity contribution in [3.63, 3.8) is 0 Å². The SMILES string of the molecule is CCOC(=O)C1=C(C)NC(C)=C(C(=O)OCC)C1C(=O)OCC(=O)NC(CC)CC. The summed E-state index contributed by atoms with van der Waals surface area (Å²) in [6.45, 7) is 9.99. The predicted molar refractivity (Wildman–Crippen MR) is 109 cm³/mol. The van der Waals surface area contributed by atoms with E-state index in [2.05, 4.69) is 10.6 Å². The van der Waals surface area contributed by atoms with Crippen molar-refractivity contribution < 1.29 is 33.4 Å². The van der Waals surface area contributed by atoms with Crippen molar-refractivity contribution in [3.05, 3.63) is 22.5 Å². The standard InChI is InChI=1S/C21H32N2O7/c1-7-14(8-2)23-15(24)11-30-21(27)18-16(19(25)28-9-3)12(5)22-13(6)17(18)20(26)29-10-4/h14,18,22H,7-11H2,1-6H3,(H,23,24). The lowest BCUT2D eigenvalue weighted by Crippen LogP contribution is -2.40. The number of esters is 3. The molecule has 0 aromatic rings. The van der Waals surface area contributed by atoms with Crippen molar-refractivity contribution in [1.82, 2.24) is 10.6 Å². The van der Waals surface area contributed by atoms with E-state index in [4.69, 9.17) is 14.2 Å². The second kappa shape index (κ2) is 12.0. The van der Waals surface area contributed by atoms with E-state index in [-0.39, 0.29) is 30.4 Å². The van der Waals surface area contributed by atoms with Gasteiger partial charge in [0, 0.05) is 17.4 Å². The normalized spacial score (nSPS) is 14.4. The average Bonchev–Trinajstić information content (AvgIpc) is 2.69. The molecule has 1 aliphatic heterocycles. The smallest absolute Gasteiger partial charge is 0.337 e. The summed E-state index contributed by atoms with van der Waals surface area (Å²) < 4.78 is 15.3. The van der Waals surface area contributed by atoms with Crippen LogP contribution >= 0.6 is 0 Å². The summed E-state index contributed by atoms with van der Waals surface area (Å²) >= 11 is 0. The molecule has 0 atom stereocenters. The summed E-state index contributed by atoms with van der Waals surface area (Å²) in [6.07, 6.45) is 1.49. The van der Waals surface area contributed by atoms with Crippen LogP contribution in [-0.2, 0) is 33.4 Å². The molecule has 0 spiro atoms. The molecule has 1 heterocycles. The van der Waals surface area contributed by atoms with E-state index in [0.29, 0.717) is 11.4 Å². The number of hydrogen-bond donors (Lipinski definition) is 2. The number of dihydropyridines is 1. The van der Waals surface area contributed by atoms with Gasteiger partial charge in [0.25, 0.3) is 5.91 Å². The van der Waals surface area contributed by atoms with Crippen molar-refractivity contribution in [1.29, 1.82) is 0 Å². The molecule has 0 aromatic carbocycles. The fourth-order valence-electron chi connectivity index (χ4n) is 3.17. The second-order valence-corrected chi connectivity index (χ2v) is 6.76. The van der Waals surface area contributed by atoms with Gasteiger partial charge in [-0.2, -0.15) is 0 Å². The van der Waals surface area contributed by atoms with E-state index < -0.39 is 36.3 Å². The summed E-state index contributed by atoms with van der Waals surface area (Å²) in [5, 5.41) is 5.68. The third kappa shape index (κ3) is 6.33. The lowest BCUT2D eigenvalue weighted by Gasteiger charge is -2.28. The van der Waals surface area contributed by atoms with Crippen LogP contribution in [0.4, 0.5) is 0 Å². The van der Waals surface area contributed by atoms with Crippen molar-refractivity contribution in [3.8, 4) is 0 Å². The summed E-state index contributed by atoms with van der Waals surface area (Å²) in [6, 6.07) is -0.0236. The minimum absolute atomic E-state index is 0.0236. The maximum atomic E-state index is 12.9. The van der Waals surface area contributed by atoms with Crippen molar-refractivity contribution >= 4 is 23.8 Å². The minimum Gasteiger partial charge on any atom is -0.463 e. The van der Waals surface area contributed by atoms with E-state index >= 15 is 0 Å². The van der Waals surface area contributed by atoms with Gasteiger partial charge in [0.05, 0.1) is 24.4 Å². The van der Waals surface area contributed by atoms with Crippen LogP contribution in [0.1, 0.15) is 54.4 Å². The Labute approximate surface area is 177 Å². The first kappa shape index (κ1) is 25.2. The van der Waals surface area contributed by atoms with Gasteiger partial charge in [-0.25, -0.2) is 9.59 Å². The molecule has 0 saturated heterocycles. The molecular formula is C21H32N2O7. The first-order valence-electron chi connectivity index (χ1n) is 10.2. The molecule has 0 saturated carbocycles. The first-order chi connectivity index (χ1) is 14.2. The zero-order chi connectivity index (χ0) is 22.8. The third-order valence-electron chi connectivity index (χ3n) is 4.68. The number of carbonyl (C=O) groups excluding carboxylic acids is 4. The van der Waals surface area contributed by atoms with Gasteiger partial charge in [0.1, 0.15) is 5.92 Å². The fourth-order valence-corrected chi connectivity index (χ4v) is 3.17. The van der Waals surface area contributed by atoms with Crippen LogP contribution in [-0.4, -0.2) is 49.7 Å². The van der Waals surface area contributed by atoms with Crippen LogP contribution in [0.5, 0.6) is 0 Å². The molecule has 30 heavy (non-hydrogen) atoms. The van der Waals surface area contributed by atoms with Crippen molar-refractivity contribution in [2.45, 2.75) is 60.4 Å². The highest BCUT2D eigenvalue weighted by molar-refractivity contribution is 6.05. The summed E-state index contributed by atoms with van der Waals surface area (Å²) in [5.41, 5.74) is 0.636. The lowest BCUT2D eigenvalue weighted by atomic mass is 9.85. The highest BCUT2D eigenvalue weighted by Crippen LogP contribution is 2.32. The molecule has 9 heteroatoms. The maximum Gasteiger partial charge on any atom is 0.337 e. The number of amides is 1. The van der Waals surface area contributed by atoms with Crippen LogP contribution in [0.3, 0.4) is 0 Å². The number of rotatable bonds is 10. The second-order valence-electron chi connectivity index (χ2n) is 6.76. The van der Waals surface area contributed by atoms with Crippen molar-refractivity contribution in [2.75, 3.05) is 19.8 Å². The number of hydrogen-bond acceptors (Lipinski definition) is 8. The largest absolute Gasteiger partial charge is 0.463 e. The molecule has 2 N–H and O–H groups in total. The number of carbonyl (C=O) groups is 4. The Morgan fingerprint density at radius 2 is 1.33 bits per heavy atom. The predicted octanol–water partition coefficient (Wildman–Crippen LogP) is 1.73. The van der Waals surface area contributed by atoms with Crippen LogP contribution in [0.15, 0.2) is 22.5 Å². The topological polar surface area (TPSA) is 120 Å². The molecule has 1 rings (SSSR count). The minimum atomic E-state index is -1.36. The summed E-state index contributed by atoms with van der Waals surface area (Å²) in [7, 11) is 0. The maximum absolute atomic E-state index is 12.9. The Balaban J connectivity index is 3.17. The first-order valence-corrected chi connectivity index (χ1v) is 10.2. The van der Waals surface area contributed by atoms with E-state index in [1.165, 1.54) is 0 Å². The monoisotopic (exact) mass is 424 g/mol. The Kier molecular flexibility index (Phi) is 10.1. The van der Waals surface area contributed by atoms with E-state index in [9.17, 15) is 19.2 Å². The molecule has 0 unspecified atom stereocenters. The quantitative estimate of drug-likeness (QED) is 0.402. The van der Waals surface area contributed by atoms with Gasteiger partial charge in [0.15, 0.2) is 6.61 Å². The summed E-state index contributed by atoms with van der Waals surface area (Å²) in [5.74, 6) is -4.21. The van der Waals surface area contributed by atoms with Gasteiger partial charge in [-0.05, 0) is 40.5 Å². The van der Waals surface area contributed by atoms with Gasteiger partial charge in [-0.15, -0.1) is 0 Å². The third-order valence-corrected chi connectivity index (χ3v) is 4.68. The molecule has 0 fully saturated rings. The van der Waals surface area contributed by atoms with Gasteiger partial charge in [0.2, 0.25) is 0 Å². The Morgan fingerprint density at radius 1 is 0.867 bits per heavy atom. The van der Waals surface area contributed by atoms with Gasteiger partial charge < -0.3 is 24.8 Å². The number of ether oxygens (including phenoxy) is 3. The zero-order valence-corrected chi connectivity index (χ0v) is 18.5. The van der Waals surface area contributed by atoms with Gasteiger partial charge >= 0.3 is 17.9 Å². The molecule has 168 valence electrons. The average molecular weight is 424 g/mol. The Morgan fingerprint density at radius 3 is 1.73 bits per heavy atom. The molecule has 0 aromatic heterocycles. The highest BCUT2D eigenvalue weighted by atomic mass is 16.5. The molecule has 1 amide bonds. The van der Waals surface area contributed by atoms with E-state index in [1.54, 1.807) is 27.7 Å². The Bertz CT molecular complexity index is 696. The molecular weight excluding hydrogens is 392 g/mol. The van der Waals surface area contributed by atoms with Gasteiger partial charge in [-0.3, -0.25) is 9.59 Å². The molecule has 9 nitrogen and oxygen atoms in total. The van der Waals surface area contributed by atoms with Gasteiger partial charge in [-0.1, -0.05) is 13.8 Å². The number of allylic oxidation sites excluding steroid dienone is 2. The van der Waals surface area contributed by atoms with Crippen LogP contribution in [0.25, 0.3) is 0 Å². The van der Waals surface area contributed by atoms with Crippen LogP contribution in [0, 0.1) is 5.92 Å². The van der Waals surface area contributed by atoms with Crippen molar-refractivity contribution in [2.24, 2.45) is 5.92 Å². The molecule has 1 aliphatic rings. The van der Waals surface area contributed by atoms with E-state index in [1.807, 2.05) is 13.8 Å². The van der Waals surface area contributed by atoms with Crippen LogP contribution in [0.2, 0.25) is 0 Å². The summed E-state index contributed by atoms with van der Waals surface area (Å²) in [4.78, 5) is 50.1. The zero-order valence-electron chi connectivity index (χ0n) is 18.5. The highest BCUT2D eigenvalue weighted by Gasteiger charge is 2.42. The fraction of sp³-hybridized carbons (Fsp3) is 0.619.